The quantitative estimate of drug-likeness (QED) is 0.149. The second-order valence-corrected chi connectivity index (χ2v) is 26.7. The van der Waals surface area contributed by atoms with Crippen molar-refractivity contribution in [2.45, 2.75) is 0 Å². The number of aromatic nitrogens is 4. The van der Waals surface area contributed by atoms with Gasteiger partial charge in [-0.05, 0) is 164 Å². The minimum Gasteiger partial charge on any atom is -0.354 e. The van der Waals surface area contributed by atoms with Crippen molar-refractivity contribution < 1.29 is 0 Å². The van der Waals surface area contributed by atoms with Gasteiger partial charge in [0.15, 0.2) is 0 Å². The summed E-state index contributed by atoms with van der Waals surface area (Å²) in [6.07, 6.45) is 0. The fourth-order valence-electron chi connectivity index (χ4n) is 15.1. The second-order valence-electron chi connectivity index (χ2n) is 25.7. The van der Waals surface area contributed by atoms with Gasteiger partial charge in [0.2, 0.25) is 0 Å². The number of rotatable bonds is 9. The summed E-state index contributed by atoms with van der Waals surface area (Å²) in [5, 5.41) is 10.2. The first-order valence-electron chi connectivity index (χ1n) is 34.4. The SMILES string of the molecule is Brc1cccc(-c2ccccc2)c1.c1ccc(-c2ccc(-c3ccc(-n4c5ccccc5c5c6c(ccc54)[nH]c4ccccc46)cc3)cc2)cc1.c1ccc(-c2ccc(-c3ccc(-n4c5ccccc5c5c6c7ccccc7n(-c7cccc(-c8ccccc8)c7)c6ccc54)cc3)cc2)cc1. The number of H-pyrrole nitrogens is 1. The Kier molecular flexibility index (Phi) is 15.7. The van der Waals surface area contributed by atoms with Crippen LogP contribution in [0.25, 0.3) is 171 Å². The maximum Gasteiger partial charge on any atom is 0.0548 e. The van der Waals surface area contributed by atoms with Gasteiger partial charge in [-0.3, -0.25) is 0 Å². The Hall–Kier alpha value is -12.8. The lowest BCUT2D eigenvalue weighted by molar-refractivity contribution is 1.17. The van der Waals surface area contributed by atoms with Crippen LogP contribution in [0, 0.1) is 0 Å². The van der Waals surface area contributed by atoms with Crippen molar-refractivity contribution in [3.63, 3.8) is 0 Å². The van der Waals surface area contributed by atoms with Gasteiger partial charge in [0.25, 0.3) is 0 Å². The van der Waals surface area contributed by atoms with Crippen molar-refractivity contribution in [2.24, 2.45) is 0 Å². The summed E-state index contributed by atoms with van der Waals surface area (Å²) in [7, 11) is 0. The van der Waals surface area contributed by atoms with Gasteiger partial charge < -0.3 is 18.7 Å². The normalized spacial score (nSPS) is 11.4. The molecule has 16 aromatic carbocycles. The smallest absolute Gasteiger partial charge is 0.0548 e. The maximum absolute atomic E-state index is 3.61. The van der Waals surface area contributed by atoms with E-state index < -0.39 is 0 Å². The van der Waals surface area contributed by atoms with Gasteiger partial charge in [0, 0.05) is 75.7 Å². The first kappa shape index (κ1) is 60.6. The summed E-state index contributed by atoms with van der Waals surface area (Å²) in [5.41, 5.74) is 27.8. The summed E-state index contributed by atoms with van der Waals surface area (Å²) < 4.78 is 8.37. The monoisotopic (exact) mass is 1350 g/mol. The van der Waals surface area contributed by atoms with Gasteiger partial charge in [0.05, 0.1) is 33.1 Å². The predicted molar refractivity (Wildman–Crippen MR) is 432 cm³/mol. The van der Waals surface area contributed by atoms with E-state index in [1.807, 2.05) is 18.2 Å². The van der Waals surface area contributed by atoms with E-state index in [4.69, 9.17) is 0 Å². The summed E-state index contributed by atoms with van der Waals surface area (Å²) >= 11 is 3.46. The second kappa shape index (κ2) is 26.2. The molecule has 476 valence electrons. The average molecular weight is 1350 g/mol. The third-order valence-corrected chi connectivity index (χ3v) is 20.3. The van der Waals surface area contributed by atoms with E-state index in [1.54, 1.807) is 0 Å². The molecule has 0 unspecified atom stereocenters. The average Bonchev–Trinajstić information content (AvgIpc) is 1.55. The minimum absolute atomic E-state index is 1.12. The summed E-state index contributed by atoms with van der Waals surface area (Å²) in [6.45, 7) is 0. The van der Waals surface area contributed by atoms with E-state index in [2.05, 4.69) is 405 Å². The number of aromatic amines is 1. The van der Waals surface area contributed by atoms with Crippen LogP contribution in [0.3, 0.4) is 0 Å². The van der Waals surface area contributed by atoms with Gasteiger partial charge in [-0.15, -0.1) is 0 Å². The molecule has 4 aromatic heterocycles. The van der Waals surface area contributed by atoms with Crippen molar-refractivity contribution in [3.8, 4) is 83.8 Å². The largest absolute Gasteiger partial charge is 0.354 e. The molecule has 0 amide bonds. The molecule has 20 aromatic rings. The highest BCUT2D eigenvalue weighted by molar-refractivity contribution is 9.10. The van der Waals surface area contributed by atoms with E-state index >= 15 is 0 Å². The topological polar surface area (TPSA) is 30.6 Å². The molecule has 0 saturated carbocycles. The van der Waals surface area contributed by atoms with E-state index in [0.29, 0.717) is 0 Å². The van der Waals surface area contributed by atoms with Crippen LogP contribution in [0.15, 0.2) is 393 Å². The van der Waals surface area contributed by atoms with Gasteiger partial charge in [-0.1, -0.05) is 307 Å². The number of para-hydroxylation sites is 4. The zero-order chi connectivity index (χ0) is 67.2. The van der Waals surface area contributed by atoms with Gasteiger partial charge in [0.1, 0.15) is 0 Å². The van der Waals surface area contributed by atoms with E-state index in [1.165, 1.54) is 160 Å². The highest BCUT2D eigenvalue weighted by Gasteiger charge is 2.22. The molecule has 0 bridgehead atoms. The molecule has 0 saturated heterocycles. The van der Waals surface area contributed by atoms with Crippen LogP contribution in [0.4, 0.5) is 0 Å². The molecule has 4 heterocycles. The number of benzene rings is 16. The fraction of sp³-hybridized carbons (Fsp3) is 0. The highest BCUT2D eigenvalue weighted by atomic mass is 79.9. The highest BCUT2D eigenvalue weighted by Crippen LogP contribution is 2.44. The van der Waals surface area contributed by atoms with Crippen LogP contribution >= 0.6 is 15.9 Å². The van der Waals surface area contributed by atoms with Gasteiger partial charge in [-0.25, -0.2) is 0 Å². The van der Waals surface area contributed by atoms with E-state index in [-0.39, 0.29) is 0 Å². The standard InChI is InChI=1S/C48H32N2.C36H24N2.C12H9Br/c1-3-12-33(13-4-1)35-22-24-36(25-23-35)37-26-28-39(29-27-37)49-43-20-9-7-18-41(43)47-45(49)30-31-46-48(47)42-19-8-10-21-44(42)50(46)40-17-11-16-38(32-40)34-14-5-2-6-15-34;1-2-8-24(9-3-1)25-14-16-26(17-15-25)27-18-20-28(21-19-27)38-33-13-7-5-11-30(33)36-34(38)23-22-32-35(36)29-10-4-6-12-31(29)37-32;13-12-8-4-7-11(9-12)10-5-2-1-3-6-10/h1-32H;1-23,37H;1-9H. The summed E-state index contributed by atoms with van der Waals surface area (Å²) in [6, 6.07) is 139. The molecule has 4 nitrogen and oxygen atoms in total. The number of fused-ring (bicyclic) bond motifs is 14. The lowest BCUT2D eigenvalue weighted by atomic mass is 10.0. The molecule has 5 heteroatoms. The molecule has 0 aliphatic heterocycles. The molecular formula is C96H65BrN4. The van der Waals surface area contributed by atoms with Crippen LogP contribution in [-0.4, -0.2) is 18.7 Å². The maximum atomic E-state index is 3.61. The number of nitrogens with one attached hydrogen (secondary N) is 1. The summed E-state index contributed by atoms with van der Waals surface area (Å²) in [5.74, 6) is 0. The first-order valence-corrected chi connectivity index (χ1v) is 35.2. The Morgan fingerprint density at radius 1 is 0.178 bits per heavy atom. The third-order valence-electron chi connectivity index (χ3n) is 19.8. The lowest BCUT2D eigenvalue weighted by Crippen LogP contribution is -1.95. The van der Waals surface area contributed by atoms with Gasteiger partial charge in [-0.2, -0.15) is 0 Å². The zero-order valence-electron chi connectivity index (χ0n) is 55.2. The Morgan fingerprint density at radius 3 is 0.891 bits per heavy atom. The van der Waals surface area contributed by atoms with Crippen molar-refractivity contribution in [2.75, 3.05) is 0 Å². The van der Waals surface area contributed by atoms with Crippen LogP contribution in [0.2, 0.25) is 0 Å². The molecule has 0 aliphatic rings. The Balaban J connectivity index is 0.000000126. The molecule has 0 radical (unpaired) electrons. The molecule has 0 atom stereocenters. The van der Waals surface area contributed by atoms with Crippen molar-refractivity contribution in [1.29, 1.82) is 0 Å². The molecule has 0 fully saturated rings. The Bertz CT molecular complexity index is 6390. The predicted octanol–water partition coefficient (Wildman–Crippen LogP) is 26.8. The number of hydrogen-bond donors (Lipinski definition) is 1. The fourth-order valence-corrected chi connectivity index (χ4v) is 15.5. The molecular weight excluding hydrogens is 1290 g/mol. The molecule has 0 aliphatic carbocycles. The van der Waals surface area contributed by atoms with Crippen molar-refractivity contribution in [1.82, 2.24) is 18.7 Å². The number of hydrogen-bond acceptors (Lipinski definition) is 0. The Morgan fingerprint density at radius 2 is 0.475 bits per heavy atom. The van der Waals surface area contributed by atoms with Crippen molar-refractivity contribution in [3.05, 3.63) is 393 Å². The number of nitrogens with zero attached hydrogens (tertiary/aromatic N) is 3. The van der Waals surface area contributed by atoms with E-state index in [9.17, 15) is 0 Å². The molecule has 101 heavy (non-hydrogen) atoms. The van der Waals surface area contributed by atoms with Crippen molar-refractivity contribution >= 4 is 103 Å². The third kappa shape index (κ3) is 11.3. The van der Waals surface area contributed by atoms with E-state index in [0.717, 1.165) is 15.8 Å². The Labute approximate surface area is 594 Å². The van der Waals surface area contributed by atoms with Crippen LogP contribution < -0.4 is 0 Å². The van der Waals surface area contributed by atoms with Crippen LogP contribution in [-0.2, 0) is 0 Å². The zero-order valence-corrected chi connectivity index (χ0v) is 56.8. The molecule has 0 spiro atoms. The minimum atomic E-state index is 1.12. The lowest BCUT2D eigenvalue weighted by Gasteiger charge is -2.11. The number of halogens is 1. The first-order chi connectivity index (χ1) is 50.0. The van der Waals surface area contributed by atoms with Crippen LogP contribution in [0.1, 0.15) is 0 Å². The molecule has 20 rings (SSSR count). The summed E-state index contributed by atoms with van der Waals surface area (Å²) in [4.78, 5) is 3.61. The van der Waals surface area contributed by atoms with Crippen LogP contribution in [0.5, 0.6) is 0 Å². The van der Waals surface area contributed by atoms with Gasteiger partial charge >= 0.3 is 0 Å². The molecule has 1 N–H and O–H groups in total.